The zero-order chi connectivity index (χ0) is 21.1. The molecule has 1 aliphatic rings. The Hall–Kier alpha value is -1.39. The van der Waals surface area contributed by atoms with Crippen molar-refractivity contribution < 1.29 is 14.3 Å². The molecule has 30 heavy (non-hydrogen) atoms. The average molecular weight is 532 g/mol. The molecule has 1 atom stereocenters. The molecule has 2 rings (SSSR count). The first-order valence-electron chi connectivity index (χ1n) is 10.6. The average Bonchev–Trinajstić information content (AvgIpc) is 2.74. The van der Waals surface area contributed by atoms with E-state index in [0.29, 0.717) is 30.7 Å². The molecular weight excluding hydrogens is 495 g/mol. The van der Waals surface area contributed by atoms with Gasteiger partial charge in [-0.25, -0.2) is 4.79 Å². The number of nitrogens with zero attached hydrogens (tertiary/aromatic N) is 2. The lowest BCUT2D eigenvalue weighted by molar-refractivity contribution is 0.0132. The molecule has 0 aromatic heterocycles. The maximum atomic E-state index is 11.7. The Kier molecular flexibility index (Phi) is 13.0. The van der Waals surface area contributed by atoms with Gasteiger partial charge in [0.25, 0.3) is 0 Å². The molecule has 0 aliphatic carbocycles. The molecule has 0 spiro atoms. The van der Waals surface area contributed by atoms with Crippen molar-refractivity contribution in [3.8, 4) is 0 Å². The van der Waals surface area contributed by atoms with Crippen molar-refractivity contribution in [2.45, 2.75) is 39.8 Å². The van der Waals surface area contributed by atoms with Crippen LogP contribution in [0, 0.1) is 5.92 Å². The number of benzene rings is 1. The quantitative estimate of drug-likeness (QED) is 0.221. The number of esters is 1. The molecule has 1 aromatic carbocycles. The third kappa shape index (κ3) is 9.18. The van der Waals surface area contributed by atoms with Crippen LogP contribution >= 0.6 is 24.0 Å². The Morgan fingerprint density at radius 2 is 1.87 bits per heavy atom. The fourth-order valence-electron chi connectivity index (χ4n) is 3.44. The van der Waals surface area contributed by atoms with Crippen LogP contribution in [-0.2, 0) is 16.0 Å². The Morgan fingerprint density at radius 1 is 1.20 bits per heavy atom. The fraction of sp³-hybridized carbons (Fsp3) is 0.636. The number of morpholine rings is 1. The molecule has 8 heteroatoms. The van der Waals surface area contributed by atoms with Gasteiger partial charge in [-0.3, -0.25) is 9.89 Å². The van der Waals surface area contributed by atoms with Crippen LogP contribution in [0.1, 0.15) is 43.1 Å². The van der Waals surface area contributed by atoms with E-state index in [1.807, 2.05) is 12.1 Å². The summed E-state index contributed by atoms with van der Waals surface area (Å²) in [5.74, 6) is 1.13. The second kappa shape index (κ2) is 14.6. The number of hydrogen-bond donors (Lipinski definition) is 2. The minimum Gasteiger partial charge on any atom is -0.462 e. The van der Waals surface area contributed by atoms with Crippen LogP contribution in [0.15, 0.2) is 29.3 Å². The third-order valence-electron chi connectivity index (χ3n) is 4.96. The lowest BCUT2D eigenvalue weighted by Gasteiger charge is -2.35. The van der Waals surface area contributed by atoms with Crippen molar-refractivity contribution >= 4 is 35.9 Å². The summed E-state index contributed by atoms with van der Waals surface area (Å²) >= 11 is 0. The number of halogens is 1. The molecule has 1 aliphatic heterocycles. The van der Waals surface area contributed by atoms with Gasteiger partial charge in [0.1, 0.15) is 0 Å². The monoisotopic (exact) mass is 532 g/mol. The predicted octanol–water partition coefficient (Wildman–Crippen LogP) is 2.89. The number of guanidine groups is 1. The fourth-order valence-corrected chi connectivity index (χ4v) is 3.44. The summed E-state index contributed by atoms with van der Waals surface area (Å²) in [6.45, 7) is 11.8. The highest BCUT2D eigenvalue weighted by atomic mass is 127. The maximum Gasteiger partial charge on any atom is 0.338 e. The molecule has 0 radical (unpaired) electrons. The zero-order valence-electron chi connectivity index (χ0n) is 18.6. The van der Waals surface area contributed by atoms with E-state index in [2.05, 4.69) is 34.4 Å². The van der Waals surface area contributed by atoms with Crippen LogP contribution in [0.2, 0.25) is 0 Å². The van der Waals surface area contributed by atoms with Gasteiger partial charge in [-0.15, -0.1) is 24.0 Å². The molecule has 1 fully saturated rings. The van der Waals surface area contributed by atoms with Crippen LogP contribution in [0.5, 0.6) is 0 Å². The standard InChI is InChI=1S/C22H36N4O3.HI/c1-5-29-21(27)19-8-6-18(7-9-19)15-24-22(23-4)25-16-20(14-17(2)3)26-10-12-28-13-11-26;/h6-9,17,20H,5,10-16H2,1-4H3,(H2,23,24,25);1H. The van der Waals surface area contributed by atoms with E-state index in [1.54, 1.807) is 26.1 Å². The van der Waals surface area contributed by atoms with Crippen molar-refractivity contribution in [2.24, 2.45) is 10.9 Å². The molecule has 7 nitrogen and oxygen atoms in total. The first-order chi connectivity index (χ1) is 14.0. The summed E-state index contributed by atoms with van der Waals surface area (Å²) in [7, 11) is 1.78. The first kappa shape index (κ1) is 26.6. The van der Waals surface area contributed by atoms with Crippen LogP contribution in [-0.4, -0.2) is 69.4 Å². The molecule has 1 unspecified atom stereocenters. The van der Waals surface area contributed by atoms with E-state index in [9.17, 15) is 4.79 Å². The van der Waals surface area contributed by atoms with E-state index in [0.717, 1.165) is 50.8 Å². The van der Waals surface area contributed by atoms with Crippen molar-refractivity contribution in [3.63, 3.8) is 0 Å². The molecule has 0 saturated carbocycles. The van der Waals surface area contributed by atoms with Gasteiger partial charge in [0.05, 0.1) is 25.4 Å². The second-order valence-electron chi connectivity index (χ2n) is 7.66. The van der Waals surface area contributed by atoms with Crippen molar-refractivity contribution in [3.05, 3.63) is 35.4 Å². The second-order valence-corrected chi connectivity index (χ2v) is 7.66. The van der Waals surface area contributed by atoms with Crippen LogP contribution in [0.3, 0.4) is 0 Å². The van der Waals surface area contributed by atoms with Gasteiger partial charge in [-0.2, -0.15) is 0 Å². The Bertz CT molecular complexity index is 646. The number of hydrogen-bond acceptors (Lipinski definition) is 5. The smallest absolute Gasteiger partial charge is 0.338 e. The van der Waals surface area contributed by atoms with Gasteiger partial charge in [0.2, 0.25) is 0 Å². The van der Waals surface area contributed by atoms with E-state index < -0.39 is 0 Å². The predicted molar refractivity (Wildman–Crippen MR) is 132 cm³/mol. The number of rotatable bonds is 9. The van der Waals surface area contributed by atoms with Gasteiger partial charge >= 0.3 is 5.97 Å². The molecule has 170 valence electrons. The van der Waals surface area contributed by atoms with Gasteiger partial charge in [0.15, 0.2) is 5.96 Å². The number of aliphatic imine (C=N–C) groups is 1. The lowest BCUT2D eigenvalue weighted by Crippen LogP contribution is -2.50. The van der Waals surface area contributed by atoms with Gasteiger partial charge in [0, 0.05) is 39.3 Å². The number of carbonyl (C=O) groups excluding carboxylic acids is 1. The molecular formula is C22H37IN4O3. The van der Waals surface area contributed by atoms with Crippen molar-refractivity contribution in [1.82, 2.24) is 15.5 Å². The van der Waals surface area contributed by atoms with E-state index in [-0.39, 0.29) is 29.9 Å². The Labute approximate surface area is 198 Å². The van der Waals surface area contributed by atoms with Crippen molar-refractivity contribution in [2.75, 3.05) is 46.5 Å². The molecule has 0 amide bonds. The maximum absolute atomic E-state index is 11.7. The molecule has 1 heterocycles. The van der Waals surface area contributed by atoms with Crippen molar-refractivity contribution in [1.29, 1.82) is 0 Å². The largest absolute Gasteiger partial charge is 0.462 e. The SMILES string of the molecule is CCOC(=O)c1ccc(CNC(=NC)NCC(CC(C)C)N2CCOCC2)cc1.I. The van der Waals surface area contributed by atoms with Gasteiger partial charge in [-0.1, -0.05) is 26.0 Å². The molecule has 1 aromatic rings. The highest BCUT2D eigenvalue weighted by molar-refractivity contribution is 14.0. The van der Waals surface area contributed by atoms with E-state index in [1.165, 1.54) is 0 Å². The molecule has 1 saturated heterocycles. The highest BCUT2D eigenvalue weighted by Gasteiger charge is 2.22. The van der Waals surface area contributed by atoms with Crippen LogP contribution < -0.4 is 10.6 Å². The number of nitrogens with one attached hydrogen (secondary N) is 2. The topological polar surface area (TPSA) is 75.2 Å². The lowest BCUT2D eigenvalue weighted by atomic mass is 10.0. The summed E-state index contributed by atoms with van der Waals surface area (Å²) in [6.07, 6.45) is 1.14. The molecule has 0 bridgehead atoms. The Morgan fingerprint density at radius 3 is 2.43 bits per heavy atom. The number of carbonyl (C=O) groups is 1. The number of ether oxygens (including phenoxy) is 2. The summed E-state index contributed by atoms with van der Waals surface area (Å²) in [6, 6.07) is 7.91. The summed E-state index contributed by atoms with van der Waals surface area (Å²) in [5, 5.41) is 6.82. The Balaban J connectivity index is 0.00000450. The molecule has 2 N–H and O–H groups in total. The van der Waals surface area contributed by atoms with E-state index >= 15 is 0 Å². The normalized spacial score (nSPS) is 16.0. The van der Waals surface area contributed by atoms with Crippen LogP contribution in [0.25, 0.3) is 0 Å². The van der Waals surface area contributed by atoms with Gasteiger partial charge < -0.3 is 20.1 Å². The first-order valence-corrected chi connectivity index (χ1v) is 10.6. The van der Waals surface area contributed by atoms with Gasteiger partial charge in [-0.05, 0) is 37.0 Å². The minimum atomic E-state index is -0.288. The zero-order valence-corrected chi connectivity index (χ0v) is 21.0. The van der Waals surface area contributed by atoms with Crippen LogP contribution in [0.4, 0.5) is 0 Å². The van der Waals surface area contributed by atoms with E-state index in [4.69, 9.17) is 9.47 Å². The summed E-state index contributed by atoms with van der Waals surface area (Å²) in [4.78, 5) is 18.6. The third-order valence-corrected chi connectivity index (χ3v) is 4.96. The summed E-state index contributed by atoms with van der Waals surface area (Å²) < 4.78 is 10.5. The highest BCUT2D eigenvalue weighted by Crippen LogP contribution is 2.13. The minimum absolute atomic E-state index is 0. The summed E-state index contributed by atoms with van der Waals surface area (Å²) in [5.41, 5.74) is 1.65.